The van der Waals surface area contributed by atoms with E-state index in [-0.39, 0.29) is 5.56 Å². The molecule has 0 radical (unpaired) electrons. The number of carboxylic acid groups (broad SMARTS) is 1. The smallest absolute Gasteiger partial charge is 0.339 e. The maximum absolute atomic E-state index is 11.1. The first-order valence-electron chi connectivity index (χ1n) is 6.78. The molecule has 1 fully saturated rings. The van der Waals surface area contributed by atoms with Crippen molar-refractivity contribution in [2.45, 2.75) is 32.4 Å². The maximum Gasteiger partial charge on any atom is 0.339 e. The molecule has 0 saturated carbocycles. The summed E-state index contributed by atoms with van der Waals surface area (Å²) in [7, 11) is 1.77. The van der Waals surface area contributed by atoms with Crippen molar-refractivity contribution in [2.75, 3.05) is 19.6 Å². The average Bonchev–Trinajstić information content (AvgIpc) is 2.99. The average molecular weight is 266 g/mol. The third-order valence-electron chi connectivity index (χ3n) is 3.79. The molecular weight excluding hydrogens is 244 g/mol. The van der Waals surface area contributed by atoms with Gasteiger partial charge in [0.25, 0.3) is 0 Å². The first-order valence-corrected chi connectivity index (χ1v) is 6.78. The molecule has 0 bridgehead atoms. The van der Waals surface area contributed by atoms with Gasteiger partial charge in [-0.05, 0) is 32.9 Å². The van der Waals surface area contributed by atoms with Gasteiger partial charge in [-0.3, -0.25) is 9.58 Å². The van der Waals surface area contributed by atoms with Crippen LogP contribution in [0.4, 0.5) is 0 Å². The van der Waals surface area contributed by atoms with E-state index in [1.807, 2.05) is 0 Å². The third-order valence-corrected chi connectivity index (χ3v) is 3.79. The number of hydrogen-bond acceptors (Lipinski definition) is 4. The van der Waals surface area contributed by atoms with E-state index in [2.05, 4.69) is 22.2 Å². The number of nitrogens with one attached hydrogen (secondary N) is 1. The van der Waals surface area contributed by atoms with Gasteiger partial charge in [0.1, 0.15) is 5.56 Å². The Balaban J connectivity index is 1.85. The van der Waals surface area contributed by atoms with Crippen molar-refractivity contribution in [3.8, 4) is 0 Å². The molecule has 1 aromatic rings. The van der Waals surface area contributed by atoms with E-state index in [1.54, 1.807) is 11.7 Å². The molecule has 2 N–H and O–H groups in total. The van der Waals surface area contributed by atoms with Crippen LogP contribution in [0.1, 0.15) is 35.8 Å². The molecule has 0 amide bonds. The van der Waals surface area contributed by atoms with E-state index >= 15 is 0 Å². The zero-order chi connectivity index (χ0) is 13.8. The van der Waals surface area contributed by atoms with Gasteiger partial charge in [-0.2, -0.15) is 5.10 Å². The number of carboxylic acids is 1. The molecule has 2 heterocycles. The molecule has 0 spiro atoms. The molecule has 6 heteroatoms. The standard InChI is InChI=1S/C13H22N4O2/c1-10(17-5-3-4-6-17)7-14-9-12-11(13(18)19)8-15-16(12)2/h8,10,14H,3-7,9H2,1-2H3,(H,18,19). The lowest BCUT2D eigenvalue weighted by atomic mass is 10.2. The Morgan fingerprint density at radius 1 is 1.53 bits per heavy atom. The van der Waals surface area contributed by atoms with Crippen molar-refractivity contribution in [1.29, 1.82) is 0 Å². The summed E-state index contributed by atoms with van der Waals surface area (Å²) in [5, 5.41) is 16.4. The van der Waals surface area contributed by atoms with Crippen LogP contribution in [-0.2, 0) is 13.6 Å². The van der Waals surface area contributed by atoms with E-state index in [9.17, 15) is 4.79 Å². The molecule has 1 aliphatic heterocycles. The number of likely N-dealkylation sites (tertiary alicyclic amines) is 1. The van der Waals surface area contributed by atoms with E-state index in [1.165, 1.54) is 32.1 Å². The quantitative estimate of drug-likeness (QED) is 0.793. The van der Waals surface area contributed by atoms with Crippen LogP contribution in [0.5, 0.6) is 0 Å². The molecule has 1 aliphatic rings. The van der Waals surface area contributed by atoms with E-state index in [4.69, 9.17) is 5.11 Å². The van der Waals surface area contributed by atoms with Gasteiger partial charge in [-0.1, -0.05) is 0 Å². The van der Waals surface area contributed by atoms with Crippen LogP contribution in [0, 0.1) is 0 Å². The highest BCUT2D eigenvalue weighted by molar-refractivity contribution is 5.88. The molecule has 19 heavy (non-hydrogen) atoms. The number of carbonyl (C=O) groups is 1. The van der Waals surface area contributed by atoms with Crippen molar-refractivity contribution in [3.63, 3.8) is 0 Å². The number of aryl methyl sites for hydroxylation is 1. The summed E-state index contributed by atoms with van der Waals surface area (Å²) in [5.41, 5.74) is 1.00. The van der Waals surface area contributed by atoms with Crippen LogP contribution < -0.4 is 5.32 Å². The number of nitrogens with zero attached hydrogens (tertiary/aromatic N) is 3. The Hall–Kier alpha value is -1.40. The zero-order valence-electron chi connectivity index (χ0n) is 11.6. The first-order chi connectivity index (χ1) is 9.09. The molecule has 0 aliphatic carbocycles. The molecule has 2 rings (SSSR count). The van der Waals surface area contributed by atoms with E-state index in [0.717, 1.165) is 12.2 Å². The van der Waals surface area contributed by atoms with Gasteiger partial charge in [0.2, 0.25) is 0 Å². The maximum atomic E-state index is 11.1. The molecule has 1 aromatic heterocycles. The number of rotatable bonds is 6. The van der Waals surface area contributed by atoms with Gasteiger partial charge in [0.05, 0.1) is 11.9 Å². The highest BCUT2D eigenvalue weighted by atomic mass is 16.4. The van der Waals surface area contributed by atoms with E-state index in [0.29, 0.717) is 12.6 Å². The lowest BCUT2D eigenvalue weighted by Crippen LogP contribution is -2.38. The predicted octanol–water partition coefficient (Wildman–Crippen LogP) is 0.692. The van der Waals surface area contributed by atoms with Crippen molar-refractivity contribution < 1.29 is 9.90 Å². The van der Waals surface area contributed by atoms with Crippen LogP contribution in [0.3, 0.4) is 0 Å². The molecule has 6 nitrogen and oxygen atoms in total. The summed E-state index contributed by atoms with van der Waals surface area (Å²) in [6.07, 6.45) is 3.98. The van der Waals surface area contributed by atoms with Crippen molar-refractivity contribution in [3.05, 3.63) is 17.5 Å². The summed E-state index contributed by atoms with van der Waals surface area (Å²) >= 11 is 0. The third kappa shape index (κ3) is 3.33. The minimum Gasteiger partial charge on any atom is -0.478 e. The molecule has 1 atom stereocenters. The monoisotopic (exact) mass is 266 g/mol. The largest absolute Gasteiger partial charge is 0.478 e. The van der Waals surface area contributed by atoms with Gasteiger partial charge in [0.15, 0.2) is 0 Å². The lowest BCUT2D eigenvalue weighted by Gasteiger charge is -2.24. The first kappa shape index (κ1) is 14.0. The van der Waals surface area contributed by atoms with Gasteiger partial charge >= 0.3 is 5.97 Å². The second-order valence-corrected chi connectivity index (χ2v) is 5.16. The van der Waals surface area contributed by atoms with Crippen LogP contribution in [0.15, 0.2) is 6.20 Å². The summed E-state index contributed by atoms with van der Waals surface area (Å²) in [4.78, 5) is 13.5. The molecule has 106 valence electrons. The lowest BCUT2D eigenvalue weighted by molar-refractivity contribution is 0.0695. The Morgan fingerprint density at radius 3 is 2.84 bits per heavy atom. The summed E-state index contributed by atoms with van der Waals surface area (Å²) in [6.45, 7) is 5.96. The van der Waals surface area contributed by atoms with Crippen molar-refractivity contribution in [2.24, 2.45) is 7.05 Å². The fraction of sp³-hybridized carbons (Fsp3) is 0.692. The molecule has 1 saturated heterocycles. The highest BCUT2D eigenvalue weighted by Gasteiger charge is 2.18. The second-order valence-electron chi connectivity index (χ2n) is 5.16. The summed E-state index contributed by atoms with van der Waals surface area (Å²) < 4.78 is 1.62. The number of hydrogen-bond donors (Lipinski definition) is 2. The zero-order valence-corrected chi connectivity index (χ0v) is 11.6. The van der Waals surface area contributed by atoms with Crippen molar-refractivity contribution >= 4 is 5.97 Å². The van der Waals surface area contributed by atoms with Gasteiger partial charge < -0.3 is 10.4 Å². The molecule has 1 unspecified atom stereocenters. The predicted molar refractivity (Wildman–Crippen MR) is 72.1 cm³/mol. The topological polar surface area (TPSA) is 70.4 Å². The van der Waals surface area contributed by atoms with Gasteiger partial charge in [0, 0.05) is 26.2 Å². The van der Waals surface area contributed by atoms with Crippen LogP contribution in [-0.4, -0.2) is 51.4 Å². The van der Waals surface area contributed by atoms with Crippen LogP contribution in [0.2, 0.25) is 0 Å². The fourth-order valence-corrected chi connectivity index (χ4v) is 2.56. The normalized spacial score (nSPS) is 17.8. The minimum absolute atomic E-state index is 0.281. The summed E-state index contributed by atoms with van der Waals surface area (Å²) in [6, 6.07) is 0.490. The molecular formula is C13H22N4O2. The van der Waals surface area contributed by atoms with Gasteiger partial charge in [-0.25, -0.2) is 4.79 Å². The molecule has 0 aromatic carbocycles. The number of aromatic carboxylic acids is 1. The fourth-order valence-electron chi connectivity index (χ4n) is 2.56. The Morgan fingerprint density at radius 2 is 2.21 bits per heavy atom. The SMILES string of the molecule is CC(CNCc1c(C(=O)O)cnn1C)N1CCCC1. The minimum atomic E-state index is -0.919. The van der Waals surface area contributed by atoms with E-state index < -0.39 is 5.97 Å². The van der Waals surface area contributed by atoms with Crippen LogP contribution >= 0.6 is 0 Å². The highest BCUT2D eigenvalue weighted by Crippen LogP contribution is 2.11. The Labute approximate surface area is 113 Å². The number of aromatic nitrogens is 2. The van der Waals surface area contributed by atoms with Crippen LogP contribution in [0.25, 0.3) is 0 Å². The Bertz CT molecular complexity index is 438. The van der Waals surface area contributed by atoms with Crippen molar-refractivity contribution in [1.82, 2.24) is 20.0 Å². The second kappa shape index (κ2) is 6.16. The Kier molecular flexibility index (Phi) is 4.55. The summed E-state index contributed by atoms with van der Waals surface area (Å²) in [5.74, 6) is -0.919. The van der Waals surface area contributed by atoms with Gasteiger partial charge in [-0.15, -0.1) is 0 Å².